The van der Waals surface area contributed by atoms with Crippen molar-refractivity contribution in [2.45, 2.75) is 33.0 Å². The number of amides is 3. The zero-order chi connectivity index (χ0) is 17.4. The Bertz CT molecular complexity index is 697. The number of aromatic nitrogens is 2. The maximum atomic E-state index is 12.4. The van der Waals surface area contributed by atoms with Crippen molar-refractivity contribution in [2.24, 2.45) is 4.99 Å². The second kappa shape index (κ2) is 6.23. The summed E-state index contributed by atoms with van der Waals surface area (Å²) in [5.41, 5.74) is 1.78. The smallest absolute Gasteiger partial charge is 0.325 e. The quantitative estimate of drug-likeness (QED) is 0.779. The average Bonchev–Trinajstić information content (AvgIpc) is 3.05. The molecule has 1 fully saturated rings. The first-order chi connectivity index (χ1) is 11.4. The predicted molar refractivity (Wildman–Crippen MR) is 86.6 cm³/mol. The molecule has 0 aliphatic carbocycles. The molecule has 2 aliphatic rings. The normalized spacial score (nSPS) is 23.4. The van der Waals surface area contributed by atoms with E-state index in [0.29, 0.717) is 25.7 Å². The largest absolute Gasteiger partial charge is 0.380 e. The van der Waals surface area contributed by atoms with Gasteiger partial charge in [-0.1, -0.05) is 0 Å². The molecule has 2 atom stereocenters. The predicted octanol–water partition coefficient (Wildman–Crippen LogP) is -0.0676. The monoisotopic (exact) mass is 334 g/mol. The van der Waals surface area contributed by atoms with E-state index in [-0.39, 0.29) is 5.91 Å². The third kappa shape index (κ3) is 2.64. The van der Waals surface area contributed by atoms with Gasteiger partial charge < -0.3 is 14.5 Å². The summed E-state index contributed by atoms with van der Waals surface area (Å²) in [5.74, 6) is 0.215. The van der Waals surface area contributed by atoms with Crippen molar-refractivity contribution in [3.63, 3.8) is 0 Å². The molecule has 24 heavy (non-hydrogen) atoms. The fraction of sp³-hybridized carbons (Fsp3) is 0.600. The molecule has 3 rings (SSSR count). The van der Waals surface area contributed by atoms with E-state index in [4.69, 9.17) is 4.74 Å². The number of aryl methyl sites for hydroxylation is 2. The van der Waals surface area contributed by atoms with Crippen molar-refractivity contribution in [1.82, 2.24) is 24.9 Å². The van der Waals surface area contributed by atoms with Crippen molar-refractivity contribution in [2.75, 3.05) is 26.8 Å². The van der Waals surface area contributed by atoms with Crippen LogP contribution in [0.5, 0.6) is 0 Å². The maximum absolute atomic E-state index is 12.4. The second-order valence-corrected chi connectivity index (χ2v) is 5.92. The summed E-state index contributed by atoms with van der Waals surface area (Å²) in [7, 11) is 1.63. The number of fused-ring (bicyclic) bond motifs is 1. The summed E-state index contributed by atoms with van der Waals surface area (Å²) in [4.78, 5) is 32.2. The fourth-order valence-corrected chi connectivity index (χ4v) is 3.07. The molecule has 1 aromatic rings. The van der Waals surface area contributed by atoms with Crippen LogP contribution in [0.15, 0.2) is 11.1 Å². The van der Waals surface area contributed by atoms with Crippen LogP contribution in [0.4, 0.5) is 4.79 Å². The van der Waals surface area contributed by atoms with Gasteiger partial charge in [0.2, 0.25) is 5.96 Å². The van der Waals surface area contributed by atoms with E-state index < -0.39 is 18.2 Å². The van der Waals surface area contributed by atoms with E-state index in [9.17, 15) is 9.59 Å². The number of rotatable bonds is 4. The molecule has 2 unspecified atom stereocenters. The van der Waals surface area contributed by atoms with E-state index in [1.54, 1.807) is 11.7 Å². The lowest BCUT2D eigenvalue weighted by Crippen LogP contribution is -2.64. The molecular formula is C15H22N6O3. The van der Waals surface area contributed by atoms with Gasteiger partial charge in [-0.15, -0.1) is 0 Å². The molecule has 2 aliphatic heterocycles. The van der Waals surface area contributed by atoms with Gasteiger partial charge in [-0.3, -0.25) is 10.1 Å². The summed E-state index contributed by atoms with van der Waals surface area (Å²) >= 11 is 0. The molecule has 1 aromatic heterocycles. The van der Waals surface area contributed by atoms with E-state index in [2.05, 4.69) is 15.4 Å². The van der Waals surface area contributed by atoms with Crippen LogP contribution in [0.1, 0.15) is 18.3 Å². The molecule has 9 heteroatoms. The van der Waals surface area contributed by atoms with E-state index in [1.165, 1.54) is 4.90 Å². The number of aliphatic imine (C=N–C) groups is 1. The molecule has 3 heterocycles. The molecule has 1 N–H and O–H groups in total. The average molecular weight is 334 g/mol. The van der Waals surface area contributed by atoms with Crippen molar-refractivity contribution in [3.05, 3.63) is 17.5 Å². The molecular weight excluding hydrogens is 312 g/mol. The Morgan fingerprint density at radius 3 is 2.71 bits per heavy atom. The first-order valence-electron chi connectivity index (χ1n) is 7.97. The fourth-order valence-electron chi connectivity index (χ4n) is 3.07. The molecule has 1 saturated heterocycles. The van der Waals surface area contributed by atoms with Gasteiger partial charge in [0.25, 0.3) is 5.91 Å². The van der Waals surface area contributed by atoms with Crippen molar-refractivity contribution in [1.29, 1.82) is 0 Å². The van der Waals surface area contributed by atoms with Gasteiger partial charge in [0.1, 0.15) is 0 Å². The zero-order valence-corrected chi connectivity index (χ0v) is 14.3. The zero-order valence-electron chi connectivity index (χ0n) is 14.3. The molecule has 9 nitrogen and oxygen atoms in total. The van der Waals surface area contributed by atoms with Crippen molar-refractivity contribution in [3.8, 4) is 0 Å². The standard InChI is InChI=1S/C15H22N6O3/c1-5-24-7-6-20-11-12(19(4)15(23)17-13(11)22)16-14(20)21-10(3)8-9(2)18-21/h8,11-12H,5-7H2,1-4H3,(H,17,22,23). The number of nitrogens with one attached hydrogen (secondary N) is 1. The first-order valence-corrected chi connectivity index (χ1v) is 7.97. The topological polar surface area (TPSA) is 92.1 Å². The highest BCUT2D eigenvalue weighted by atomic mass is 16.5. The van der Waals surface area contributed by atoms with Crippen LogP contribution in [-0.4, -0.2) is 76.5 Å². The molecule has 3 amide bonds. The van der Waals surface area contributed by atoms with Crippen molar-refractivity contribution >= 4 is 17.9 Å². The maximum Gasteiger partial charge on any atom is 0.325 e. The highest BCUT2D eigenvalue weighted by Gasteiger charge is 2.49. The van der Waals surface area contributed by atoms with Crippen LogP contribution in [-0.2, 0) is 9.53 Å². The molecule has 0 spiro atoms. The van der Waals surface area contributed by atoms with Gasteiger partial charge in [0, 0.05) is 25.9 Å². The Morgan fingerprint density at radius 1 is 1.33 bits per heavy atom. The highest BCUT2D eigenvalue weighted by molar-refractivity contribution is 6.04. The van der Waals surface area contributed by atoms with Crippen molar-refractivity contribution < 1.29 is 14.3 Å². The van der Waals surface area contributed by atoms with E-state index >= 15 is 0 Å². The van der Waals surface area contributed by atoms with Gasteiger partial charge >= 0.3 is 6.03 Å². The van der Waals surface area contributed by atoms with Crippen LogP contribution >= 0.6 is 0 Å². The second-order valence-electron chi connectivity index (χ2n) is 5.92. The third-order valence-electron chi connectivity index (χ3n) is 4.22. The number of ether oxygens (including phenoxy) is 1. The molecule has 0 bridgehead atoms. The highest BCUT2D eigenvalue weighted by Crippen LogP contribution is 2.25. The number of hydrogen-bond donors (Lipinski definition) is 1. The minimum Gasteiger partial charge on any atom is -0.380 e. The minimum atomic E-state index is -0.577. The molecule has 130 valence electrons. The summed E-state index contributed by atoms with van der Waals surface area (Å²) < 4.78 is 7.15. The Balaban J connectivity index is 1.98. The Kier molecular flexibility index (Phi) is 4.27. The number of nitrogens with zero attached hydrogens (tertiary/aromatic N) is 5. The molecule has 0 saturated carbocycles. The summed E-state index contributed by atoms with van der Waals surface area (Å²) in [6, 6.07) is 0.927. The number of imide groups is 1. The summed E-state index contributed by atoms with van der Waals surface area (Å²) in [6.45, 7) is 7.30. The van der Waals surface area contributed by atoms with Crippen LogP contribution in [0.3, 0.4) is 0 Å². The van der Waals surface area contributed by atoms with Crippen LogP contribution in [0, 0.1) is 13.8 Å². The number of carbonyl (C=O) groups excluding carboxylic acids is 2. The van der Waals surface area contributed by atoms with Gasteiger partial charge in [-0.2, -0.15) is 5.10 Å². The Hall–Kier alpha value is -2.42. The van der Waals surface area contributed by atoms with Gasteiger partial charge in [0.15, 0.2) is 12.2 Å². The number of likely N-dealkylation sites (N-methyl/N-ethyl adjacent to an activating group) is 1. The first kappa shape index (κ1) is 16.4. The van der Waals surface area contributed by atoms with Gasteiger partial charge in [-0.05, 0) is 26.8 Å². The van der Waals surface area contributed by atoms with E-state index in [0.717, 1.165) is 11.4 Å². The number of urea groups is 1. The lowest BCUT2D eigenvalue weighted by Gasteiger charge is -2.36. The summed E-state index contributed by atoms with van der Waals surface area (Å²) in [5, 5.41) is 6.84. The minimum absolute atomic E-state index is 0.347. The SMILES string of the molecule is CCOCCN1C(n2nc(C)cc2C)=NC2C1C(=O)NC(=O)N2C. The van der Waals surface area contributed by atoms with E-state index in [1.807, 2.05) is 31.7 Å². The van der Waals surface area contributed by atoms with Crippen LogP contribution < -0.4 is 5.32 Å². The van der Waals surface area contributed by atoms with Gasteiger partial charge in [-0.25, -0.2) is 14.5 Å². The van der Waals surface area contributed by atoms with Gasteiger partial charge in [0.05, 0.1) is 12.3 Å². The third-order valence-corrected chi connectivity index (χ3v) is 4.22. The lowest BCUT2D eigenvalue weighted by molar-refractivity contribution is -0.127. The van der Waals surface area contributed by atoms with Crippen LogP contribution in [0.25, 0.3) is 0 Å². The molecule has 0 radical (unpaired) electrons. The van der Waals surface area contributed by atoms with Crippen LogP contribution in [0.2, 0.25) is 0 Å². The number of hydrogen-bond acceptors (Lipinski definition) is 6. The Morgan fingerprint density at radius 2 is 2.08 bits per heavy atom. The lowest BCUT2D eigenvalue weighted by atomic mass is 10.1. The summed E-state index contributed by atoms with van der Waals surface area (Å²) in [6.07, 6.45) is -0.563. The Labute approximate surface area is 140 Å². The number of carbonyl (C=O) groups is 2. The molecule has 0 aromatic carbocycles.